The summed E-state index contributed by atoms with van der Waals surface area (Å²) < 4.78 is 36.7. The Hall–Kier alpha value is -3.21. The van der Waals surface area contributed by atoms with Crippen LogP contribution < -0.4 is 9.47 Å². The molecule has 0 atom stereocenters. The molecule has 1 N–H and O–H groups in total. The van der Waals surface area contributed by atoms with Crippen LogP contribution in [0.1, 0.15) is 21.6 Å². The number of H-pyrrole nitrogens is 1. The van der Waals surface area contributed by atoms with Crippen LogP contribution in [-0.2, 0) is 16.6 Å². The predicted octanol–water partition coefficient (Wildman–Crippen LogP) is 2.26. The molecule has 1 aromatic heterocycles. The summed E-state index contributed by atoms with van der Waals surface area (Å²) >= 11 is 0. The molecule has 0 bridgehead atoms. The van der Waals surface area contributed by atoms with Gasteiger partial charge in [0, 0.05) is 44.2 Å². The number of allylic oxidation sites excluding steroid dienone is 1. The first-order chi connectivity index (χ1) is 15.8. The fourth-order valence-electron chi connectivity index (χ4n) is 4.29. The van der Waals surface area contributed by atoms with Crippen molar-refractivity contribution in [3.05, 3.63) is 59.0 Å². The number of fused-ring (bicyclic) bond motifs is 2. The van der Waals surface area contributed by atoms with Gasteiger partial charge >= 0.3 is 0 Å². The molecule has 3 heterocycles. The lowest BCUT2D eigenvalue weighted by Gasteiger charge is -2.33. The molecule has 9 nitrogen and oxygen atoms in total. The number of hydrogen-bond acceptors (Lipinski definition) is 7. The monoisotopic (exact) mass is 468 g/mol. The summed E-state index contributed by atoms with van der Waals surface area (Å²) in [6.07, 6.45) is 2.88. The molecule has 1 saturated heterocycles. The average Bonchev–Trinajstić information content (AvgIpc) is 3.35. The maximum absolute atomic E-state index is 13.1. The van der Waals surface area contributed by atoms with Crippen molar-refractivity contribution in [1.82, 2.24) is 19.4 Å². The first kappa shape index (κ1) is 21.6. The number of ether oxygens (including phenoxy) is 2. The Morgan fingerprint density at radius 1 is 1.15 bits per heavy atom. The van der Waals surface area contributed by atoms with Gasteiger partial charge in [-0.2, -0.15) is 9.40 Å². The second-order valence-electron chi connectivity index (χ2n) is 8.16. The topological polar surface area (TPSA) is 105 Å². The number of para-hydroxylation sites is 1. The SMILES string of the molecule is COc1ccc2c(c1CN1CCN(S(C)(=O)=O)CC1)OC(=Cc1n[nH]c3ccccc13)C2=O. The van der Waals surface area contributed by atoms with E-state index in [0.717, 1.165) is 16.5 Å². The quantitative estimate of drug-likeness (QED) is 0.573. The third-order valence-electron chi connectivity index (χ3n) is 6.07. The fourth-order valence-corrected chi connectivity index (χ4v) is 5.12. The van der Waals surface area contributed by atoms with Crippen LogP contribution in [0.5, 0.6) is 11.5 Å². The van der Waals surface area contributed by atoms with Gasteiger partial charge in [-0.05, 0) is 18.2 Å². The number of benzene rings is 2. The zero-order valence-electron chi connectivity index (χ0n) is 18.4. The number of Topliss-reactive ketones (excluding diaryl/α,β-unsaturated/α-hetero) is 1. The Morgan fingerprint density at radius 3 is 2.64 bits per heavy atom. The van der Waals surface area contributed by atoms with Crippen LogP contribution in [0.2, 0.25) is 0 Å². The maximum atomic E-state index is 13.1. The highest BCUT2D eigenvalue weighted by Crippen LogP contribution is 2.40. The molecule has 0 radical (unpaired) electrons. The second kappa shape index (κ2) is 8.29. The first-order valence-electron chi connectivity index (χ1n) is 10.6. The van der Waals surface area contributed by atoms with Crippen molar-refractivity contribution in [2.24, 2.45) is 0 Å². The number of carbonyl (C=O) groups is 1. The van der Waals surface area contributed by atoms with Gasteiger partial charge in [0.2, 0.25) is 15.8 Å². The molecule has 2 aliphatic rings. The van der Waals surface area contributed by atoms with E-state index in [-0.39, 0.29) is 11.5 Å². The normalized spacial score (nSPS) is 18.6. The molecule has 0 amide bonds. The summed E-state index contributed by atoms with van der Waals surface area (Å²) in [5.41, 5.74) is 2.76. The van der Waals surface area contributed by atoms with Crippen LogP contribution in [0.4, 0.5) is 0 Å². The van der Waals surface area contributed by atoms with Gasteiger partial charge in [-0.1, -0.05) is 18.2 Å². The van der Waals surface area contributed by atoms with E-state index in [9.17, 15) is 13.2 Å². The summed E-state index contributed by atoms with van der Waals surface area (Å²) in [5, 5.41) is 8.18. The number of aromatic amines is 1. The second-order valence-corrected chi connectivity index (χ2v) is 10.1. The zero-order chi connectivity index (χ0) is 23.2. The minimum absolute atomic E-state index is 0.206. The number of nitrogens with zero attached hydrogens (tertiary/aromatic N) is 3. The summed E-state index contributed by atoms with van der Waals surface area (Å²) in [5.74, 6) is 1.11. The molecule has 1 fully saturated rings. The van der Waals surface area contributed by atoms with Crippen LogP contribution in [0.3, 0.4) is 0 Å². The van der Waals surface area contributed by atoms with Crippen molar-refractivity contribution >= 4 is 32.8 Å². The number of rotatable bonds is 5. The van der Waals surface area contributed by atoms with Gasteiger partial charge in [0.15, 0.2) is 5.76 Å². The largest absolute Gasteiger partial charge is 0.496 e. The lowest BCUT2D eigenvalue weighted by Crippen LogP contribution is -2.47. The van der Waals surface area contributed by atoms with Crippen LogP contribution in [-0.4, -0.2) is 73.1 Å². The minimum atomic E-state index is -3.20. The lowest BCUT2D eigenvalue weighted by molar-refractivity contribution is 0.101. The summed E-state index contributed by atoms with van der Waals surface area (Å²) in [7, 11) is -1.62. The molecule has 0 saturated carbocycles. The fraction of sp³-hybridized carbons (Fsp3) is 0.304. The van der Waals surface area contributed by atoms with Gasteiger partial charge in [-0.15, -0.1) is 0 Å². The number of sulfonamides is 1. The van der Waals surface area contributed by atoms with E-state index < -0.39 is 10.0 Å². The van der Waals surface area contributed by atoms with E-state index in [1.807, 2.05) is 24.3 Å². The van der Waals surface area contributed by atoms with Crippen LogP contribution in [0.25, 0.3) is 17.0 Å². The van der Waals surface area contributed by atoms with Crippen LogP contribution in [0, 0.1) is 0 Å². The predicted molar refractivity (Wildman–Crippen MR) is 124 cm³/mol. The molecule has 2 aliphatic heterocycles. The van der Waals surface area contributed by atoms with Gasteiger partial charge in [0.1, 0.15) is 11.5 Å². The Morgan fingerprint density at radius 2 is 1.91 bits per heavy atom. The van der Waals surface area contributed by atoms with Crippen molar-refractivity contribution in [2.45, 2.75) is 6.54 Å². The number of methoxy groups -OCH3 is 1. The van der Waals surface area contributed by atoms with Crippen LogP contribution in [0.15, 0.2) is 42.2 Å². The summed E-state index contributed by atoms with van der Waals surface area (Å²) in [4.78, 5) is 15.2. The molecule has 172 valence electrons. The molecular weight excluding hydrogens is 444 g/mol. The molecule has 33 heavy (non-hydrogen) atoms. The van der Waals surface area contributed by atoms with Gasteiger partial charge < -0.3 is 9.47 Å². The Kier molecular flexibility index (Phi) is 5.43. The average molecular weight is 469 g/mol. The third-order valence-corrected chi connectivity index (χ3v) is 7.37. The number of hydrogen-bond donors (Lipinski definition) is 1. The van der Waals surface area contributed by atoms with Gasteiger partial charge in [0.25, 0.3) is 0 Å². The van der Waals surface area contributed by atoms with Gasteiger partial charge in [0.05, 0.1) is 35.7 Å². The number of aromatic nitrogens is 2. The van der Waals surface area contributed by atoms with E-state index >= 15 is 0 Å². The number of ketones is 1. The highest BCUT2D eigenvalue weighted by molar-refractivity contribution is 7.88. The van der Waals surface area contributed by atoms with Crippen LogP contribution >= 0.6 is 0 Å². The number of carbonyl (C=O) groups excluding carboxylic acids is 1. The van der Waals surface area contributed by atoms with E-state index in [4.69, 9.17) is 9.47 Å². The smallest absolute Gasteiger partial charge is 0.232 e. The molecular formula is C23H24N4O5S. The summed E-state index contributed by atoms with van der Waals surface area (Å²) in [6, 6.07) is 11.2. The Labute approximate surface area is 191 Å². The van der Waals surface area contributed by atoms with Crippen molar-refractivity contribution in [1.29, 1.82) is 0 Å². The molecule has 0 unspecified atom stereocenters. The van der Waals surface area contributed by atoms with E-state index in [2.05, 4.69) is 15.1 Å². The van der Waals surface area contributed by atoms with Gasteiger partial charge in [-0.25, -0.2) is 8.42 Å². The minimum Gasteiger partial charge on any atom is -0.496 e. The molecule has 0 aliphatic carbocycles. The van der Waals surface area contributed by atoms with Crippen molar-refractivity contribution in [3.8, 4) is 11.5 Å². The van der Waals surface area contributed by atoms with Crippen molar-refractivity contribution < 1.29 is 22.7 Å². The van der Waals surface area contributed by atoms with E-state index in [1.54, 1.807) is 25.3 Å². The Balaban J connectivity index is 1.43. The molecule has 2 aromatic carbocycles. The molecule has 3 aromatic rings. The number of nitrogens with one attached hydrogen (secondary N) is 1. The lowest BCUT2D eigenvalue weighted by atomic mass is 10.0. The highest BCUT2D eigenvalue weighted by Gasteiger charge is 2.33. The number of piperazine rings is 1. The first-order valence-corrected chi connectivity index (χ1v) is 12.4. The molecule has 0 spiro atoms. The Bertz CT molecular complexity index is 1370. The van der Waals surface area contributed by atoms with Gasteiger partial charge in [-0.3, -0.25) is 14.8 Å². The van der Waals surface area contributed by atoms with E-state index in [1.165, 1.54) is 10.6 Å². The van der Waals surface area contributed by atoms with E-state index in [0.29, 0.717) is 55.5 Å². The maximum Gasteiger partial charge on any atom is 0.232 e. The summed E-state index contributed by atoms with van der Waals surface area (Å²) in [6.45, 7) is 2.49. The molecule has 5 rings (SSSR count). The van der Waals surface area contributed by atoms with Crippen molar-refractivity contribution in [2.75, 3.05) is 39.5 Å². The standard InChI is InChI=1S/C23H24N4O5S/c1-31-20-8-7-16-22(28)21(13-19-15-5-3-4-6-18(15)24-25-19)32-23(16)17(20)14-26-9-11-27(12-10-26)33(2,29)30/h3-8,13H,9-12,14H2,1-2H3,(H,24,25). The molecule has 10 heteroatoms. The zero-order valence-corrected chi connectivity index (χ0v) is 19.2. The highest BCUT2D eigenvalue weighted by atomic mass is 32.2. The third kappa shape index (κ3) is 4.01. The van der Waals surface area contributed by atoms with Crippen molar-refractivity contribution in [3.63, 3.8) is 0 Å².